The number of aromatic nitrogens is 4. The number of carboxylic acid groups (broad SMARTS) is 1. The van der Waals surface area contributed by atoms with Gasteiger partial charge in [-0.05, 0) is 60.9 Å². The summed E-state index contributed by atoms with van der Waals surface area (Å²) in [5, 5.41) is 37.3. The summed E-state index contributed by atoms with van der Waals surface area (Å²) in [5.74, 6) is -3.23. The van der Waals surface area contributed by atoms with Gasteiger partial charge in [-0.3, -0.25) is 19.3 Å². The number of hydrogen-bond acceptors (Lipinski definition) is 12. The number of carbonyl (C=O) groups excluding carboxylic acids is 4. The average Bonchev–Trinajstić information content (AvgIpc) is 3.44. The van der Waals surface area contributed by atoms with Gasteiger partial charge in [0.2, 0.25) is 17.0 Å². The van der Waals surface area contributed by atoms with E-state index >= 15 is 0 Å². The Morgan fingerprint density at radius 2 is 1.95 bits per heavy atom. The second-order valence-corrected chi connectivity index (χ2v) is 12.9. The summed E-state index contributed by atoms with van der Waals surface area (Å²) in [7, 11) is 0. The maximum absolute atomic E-state index is 13.4. The number of H-pyrrole nitrogens is 1. The molecule has 0 radical (unpaired) electrons. The fraction of sp³-hybridized carbons (Fsp3) is 0.440. The largest absolute Gasteiger partial charge is 0.508 e. The molecule has 0 spiro atoms. The zero-order valence-electron chi connectivity index (χ0n) is 23.3. The molecule has 3 heterocycles. The molecule has 2 aliphatic heterocycles. The number of phenols is 1. The van der Waals surface area contributed by atoms with Crippen molar-refractivity contribution >= 4 is 53.3 Å². The molecule has 4 rings (SSSR count). The van der Waals surface area contributed by atoms with E-state index < -0.39 is 58.1 Å². The van der Waals surface area contributed by atoms with Gasteiger partial charge in [-0.15, -0.1) is 16.9 Å². The topological polar surface area (TPSA) is 243 Å². The first-order valence-corrected chi connectivity index (χ1v) is 14.9. The number of nitrogens with one attached hydrogen (secondary N) is 3. The average molecular weight is 635 g/mol. The van der Waals surface area contributed by atoms with E-state index in [0.29, 0.717) is 11.1 Å². The minimum atomic E-state index is -1.35. The molecule has 1 aromatic carbocycles. The first-order chi connectivity index (χ1) is 20.2. The third-order valence-corrected chi connectivity index (χ3v) is 8.77. The number of carboxylic acids is 1. The first-order valence-electron chi connectivity index (χ1n) is 12.9. The fourth-order valence-electron chi connectivity index (χ4n) is 4.43. The molecule has 1 saturated heterocycles. The van der Waals surface area contributed by atoms with Crippen LogP contribution in [0.25, 0.3) is 0 Å². The molecule has 18 heteroatoms. The first kappa shape index (κ1) is 31.6. The van der Waals surface area contributed by atoms with Crippen molar-refractivity contribution in [1.29, 1.82) is 0 Å². The Morgan fingerprint density at radius 1 is 1.26 bits per heavy atom. The van der Waals surface area contributed by atoms with Gasteiger partial charge in [0.05, 0.1) is 0 Å². The van der Waals surface area contributed by atoms with E-state index in [2.05, 4.69) is 31.3 Å². The Kier molecular flexibility index (Phi) is 9.49. The molecule has 4 atom stereocenters. The Hall–Kier alpha value is -4.32. The van der Waals surface area contributed by atoms with Crippen LogP contribution in [0.4, 0.5) is 4.79 Å². The van der Waals surface area contributed by atoms with Crippen LogP contribution in [0.1, 0.15) is 45.2 Å². The summed E-state index contributed by atoms with van der Waals surface area (Å²) >= 11 is 2.34. The normalized spacial score (nSPS) is 19.5. The van der Waals surface area contributed by atoms with E-state index in [0.717, 1.165) is 16.7 Å². The molecule has 1 fully saturated rings. The number of carbonyl (C=O) groups is 5. The van der Waals surface area contributed by atoms with Crippen molar-refractivity contribution in [2.75, 3.05) is 5.75 Å². The number of phenolic OH excluding ortho intramolecular Hbond substituents is 1. The van der Waals surface area contributed by atoms with Crippen molar-refractivity contribution in [2.45, 2.75) is 67.1 Å². The van der Waals surface area contributed by atoms with Crippen molar-refractivity contribution in [3.05, 3.63) is 41.1 Å². The Bertz CT molecular complexity index is 1430. The van der Waals surface area contributed by atoms with E-state index in [1.807, 2.05) is 0 Å². The highest BCUT2D eigenvalue weighted by atomic mass is 32.2. The number of aromatic hydroxyl groups is 1. The number of fused-ring (bicyclic) bond motifs is 1. The molecule has 2 aliphatic rings. The van der Waals surface area contributed by atoms with Gasteiger partial charge in [0.15, 0.2) is 0 Å². The van der Waals surface area contributed by atoms with Gasteiger partial charge in [0.25, 0.3) is 5.91 Å². The van der Waals surface area contributed by atoms with Crippen LogP contribution in [0.2, 0.25) is 0 Å². The molecular weight excluding hydrogens is 604 g/mol. The smallest absolute Gasteiger partial charge is 0.408 e. The Labute approximate surface area is 253 Å². The molecule has 43 heavy (non-hydrogen) atoms. The quantitative estimate of drug-likeness (QED) is 0.147. The van der Waals surface area contributed by atoms with Crippen molar-refractivity contribution in [3.8, 4) is 5.75 Å². The summed E-state index contributed by atoms with van der Waals surface area (Å²) in [6.45, 7) is 4.97. The number of tetrazole rings is 1. The van der Waals surface area contributed by atoms with Gasteiger partial charge in [0.1, 0.15) is 34.5 Å². The van der Waals surface area contributed by atoms with Gasteiger partial charge < -0.3 is 31.3 Å². The van der Waals surface area contributed by atoms with Crippen molar-refractivity contribution < 1.29 is 38.9 Å². The number of rotatable bonds is 11. The van der Waals surface area contributed by atoms with Crippen LogP contribution in [0.5, 0.6) is 5.75 Å². The number of primary amides is 1. The van der Waals surface area contributed by atoms with Crippen LogP contribution in [0.15, 0.2) is 40.7 Å². The molecule has 0 saturated carbocycles. The molecule has 7 N–H and O–H groups in total. The van der Waals surface area contributed by atoms with Crippen LogP contribution < -0.4 is 16.4 Å². The highest BCUT2D eigenvalue weighted by Crippen LogP contribution is 2.44. The van der Waals surface area contributed by atoms with Crippen molar-refractivity contribution in [1.82, 2.24) is 36.2 Å². The van der Waals surface area contributed by atoms with Gasteiger partial charge >= 0.3 is 12.1 Å². The number of nitrogens with two attached hydrogens (primary N) is 1. The predicted molar refractivity (Wildman–Crippen MR) is 152 cm³/mol. The van der Waals surface area contributed by atoms with Gasteiger partial charge in [-0.25, -0.2) is 14.7 Å². The van der Waals surface area contributed by atoms with Crippen LogP contribution in [0, 0.1) is 0 Å². The van der Waals surface area contributed by atoms with E-state index in [-0.39, 0.29) is 35.2 Å². The van der Waals surface area contributed by atoms with Gasteiger partial charge in [0, 0.05) is 17.4 Å². The molecule has 16 nitrogen and oxygen atoms in total. The number of thioether (sulfide) groups is 2. The van der Waals surface area contributed by atoms with Crippen LogP contribution in [-0.4, -0.2) is 93.5 Å². The third kappa shape index (κ3) is 7.56. The monoisotopic (exact) mass is 634 g/mol. The molecular formula is C25H30N8O8S2. The Balaban J connectivity index is 1.56. The van der Waals surface area contributed by atoms with Crippen molar-refractivity contribution in [3.63, 3.8) is 0 Å². The van der Waals surface area contributed by atoms with Crippen molar-refractivity contribution in [2.24, 2.45) is 5.73 Å². The summed E-state index contributed by atoms with van der Waals surface area (Å²) in [5.41, 5.74) is 4.92. The van der Waals surface area contributed by atoms with Gasteiger partial charge in [-0.2, -0.15) is 0 Å². The number of amides is 4. The number of aromatic amines is 1. The maximum Gasteiger partial charge on any atom is 0.408 e. The van der Waals surface area contributed by atoms with E-state index in [1.165, 1.54) is 36.0 Å². The number of alkyl carbamates (subject to hydrolysis) is 1. The second kappa shape index (κ2) is 12.9. The molecule has 230 valence electrons. The lowest BCUT2D eigenvalue weighted by Crippen LogP contribution is -2.71. The minimum Gasteiger partial charge on any atom is -0.508 e. The predicted octanol–water partition coefficient (Wildman–Crippen LogP) is 0.636. The van der Waals surface area contributed by atoms with Crippen LogP contribution >= 0.6 is 23.5 Å². The molecule has 1 aromatic heterocycles. The zero-order valence-corrected chi connectivity index (χ0v) is 24.9. The van der Waals surface area contributed by atoms with Crippen LogP contribution in [-0.2, 0) is 23.9 Å². The summed E-state index contributed by atoms with van der Waals surface area (Å²) in [4.78, 5) is 64.4. The molecule has 3 unspecified atom stereocenters. The molecule has 0 bridgehead atoms. The van der Waals surface area contributed by atoms with Crippen LogP contribution in [0.3, 0.4) is 0 Å². The maximum atomic E-state index is 13.4. The molecule has 0 aliphatic carbocycles. The number of nitrogens with zero attached hydrogens (tertiary/aromatic N) is 4. The van der Waals surface area contributed by atoms with Gasteiger partial charge in [-0.1, -0.05) is 23.9 Å². The zero-order chi connectivity index (χ0) is 31.5. The summed E-state index contributed by atoms with van der Waals surface area (Å²) in [6.07, 6.45) is -0.749. The summed E-state index contributed by atoms with van der Waals surface area (Å²) < 4.78 is 5.29. The number of ether oxygens (including phenoxy) is 1. The SMILES string of the molecule is CC(C)(C)OC(=O)NC(C(=O)NC1C(=O)N2C(C(=O)O)=C(C(CCC(N)=O)Sc3nnn[nH]3)CS[C@@H]12)c1ccc(O)cc1. The second-order valence-electron chi connectivity index (χ2n) is 10.6. The highest BCUT2D eigenvalue weighted by molar-refractivity contribution is 8.01. The number of aliphatic carboxylic acids is 1. The lowest BCUT2D eigenvalue weighted by atomic mass is 9.98. The highest BCUT2D eigenvalue weighted by Gasteiger charge is 2.55. The minimum absolute atomic E-state index is 0.0420. The summed E-state index contributed by atoms with van der Waals surface area (Å²) in [6, 6.07) is 3.17. The standard InChI is InChI=1S/C25H30N8O8S2/c1-25(2,3)41-24(40)28-16(11-4-6-12(34)7-5-11)19(36)27-17-20(37)33-18(22(38)39)13(10-42-21(17)33)14(8-9-15(26)35)43-23-29-31-32-30-23/h4-7,14,16-17,21,34H,8-10H2,1-3H3,(H2,26,35)(H,27,36)(H,28,40)(H,38,39)(H,29,30,31,32)/t14?,16?,17?,21-/m0/s1. The fourth-order valence-corrected chi connectivity index (χ4v) is 6.98. The van der Waals surface area contributed by atoms with E-state index in [4.69, 9.17) is 10.5 Å². The lowest BCUT2D eigenvalue weighted by Gasteiger charge is -2.50. The number of hydrogen-bond donors (Lipinski definition) is 6. The molecule has 4 amide bonds. The third-order valence-electron chi connectivity index (χ3n) is 6.27. The molecule has 2 aromatic rings. The number of β-lactam (4-membered cyclic amide) rings is 1. The van der Waals surface area contributed by atoms with E-state index in [9.17, 15) is 34.2 Å². The van der Waals surface area contributed by atoms with E-state index in [1.54, 1.807) is 20.8 Å². The number of benzene rings is 1. The Morgan fingerprint density at radius 3 is 2.53 bits per heavy atom. The lowest BCUT2D eigenvalue weighted by molar-refractivity contribution is -0.151.